The third-order valence-electron chi connectivity index (χ3n) is 1.99. The first-order chi connectivity index (χ1) is 8.20. The van der Waals surface area contributed by atoms with Gasteiger partial charge in [0.2, 0.25) is 5.88 Å². The lowest BCUT2D eigenvalue weighted by atomic mass is 10.3. The first-order valence-corrected chi connectivity index (χ1v) is 5.44. The minimum Gasteiger partial charge on any atom is -0.437 e. The van der Waals surface area contributed by atoms with E-state index in [9.17, 15) is 0 Å². The summed E-state index contributed by atoms with van der Waals surface area (Å²) in [6.45, 7) is 0. The lowest BCUT2D eigenvalue weighted by Crippen LogP contribution is -1.89. The zero-order valence-electron chi connectivity index (χ0n) is 8.52. The maximum absolute atomic E-state index is 8.75. The minimum atomic E-state index is 0.299. The van der Waals surface area contributed by atoms with Crippen LogP contribution in [0.15, 0.2) is 36.5 Å². The number of halogens is 2. The zero-order chi connectivity index (χ0) is 12.3. The number of nitriles is 1. The highest BCUT2D eigenvalue weighted by molar-refractivity contribution is 6.42. The van der Waals surface area contributed by atoms with Crippen molar-refractivity contribution >= 4 is 23.2 Å². The van der Waals surface area contributed by atoms with Crippen LogP contribution in [0.25, 0.3) is 0 Å². The zero-order valence-corrected chi connectivity index (χ0v) is 10.0. The lowest BCUT2D eigenvalue weighted by molar-refractivity contribution is 0.463. The van der Waals surface area contributed by atoms with Crippen molar-refractivity contribution in [1.29, 1.82) is 5.26 Å². The van der Waals surface area contributed by atoms with Gasteiger partial charge >= 0.3 is 0 Å². The Balaban J connectivity index is 2.32. The van der Waals surface area contributed by atoms with Crippen molar-refractivity contribution in [2.45, 2.75) is 0 Å². The number of pyridine rings is 1. The summed E-state index contributed by atoms with van der Waals surface area (Å²) in [6.07, 6.45) is 1.49. The van der Waals surface area contributed by atoms with Crippen LogP contribution in [0, 0.1) is 11.3 Å². The van der Waals surface area contributed by atoms with E-state index in [2.05, 4.69) is 4.98 Å². The number of aromatic nitrogens is 1. The molecule has 0 aliphatic carbocycles. The summed E-state index contributed by atoms with van der Waals surface area (Å²) >= 11 is 11.8. The molecule has 1 heterocycles. The minimum absolute atomic E-state index is 0.299. The SMILES string of the molecule is N#Cc1ccnc(Oc2cccc(Cl)c2Cl)c1. The van der Waals surface area contributed by atoms with Crippen LogP contribution in [0.1, 0.15) is 5.56 Å². The fourth-order valence-corrected chi connectivity index (χ4v) is 1.54. The topological polar surface area (TPSA) is 45.9 Å². The molecule has 0 saturated carbocycles. The van der Waals surface area contributed by atoms with Crippen LogP contribution in [0.2, 0.25) is 10.0 Å². The molecule has 5 heteroatoms. The summed E-state index contributed by atoms with van der Waals surface area (Å²) in [5.41, 5.74) is 0.466. The second-order valence-electron chi connectivity index (χ2n) is 3.15. The van der Waals surface area contributed by atoms with Gasteiger partial charge in [0.05, 0.1) is 16.7 Å². The molecule has 2 aromatic rings. The van der Waals surface area contributed by atoms with Crippen molar-refractivity contribution in [3.05, 3.63) is 52.1 Å². The van der Waals surface area contributed by atoms with E-state index in [1.165, 1.54) is 12.3 Å². The molecule has 1 aromatic heterocycles. The molecule has 0 atom stereocenters. The summed E-state index contributed by atoms with van der Waals surface area (Å²) in [4.78, 5) is 3.98. The van der Waals surface area contributed by atoms with E-state index in [0.717, 1.165) is 0 Å². The Morgan fingerprint density at radius 3 is 2.82 bits per heavy atom. The van der Waals surface area contributed by atoms with Crippen molar-refractivity contribution in [2.24, 2.45) is 0 Å². The molecule has 0 saturated heterocycles. The Hall–Kier alpha value is -1.76. The standard InChI is InChI=1S/C12H6Cl2N2O/c13-9-2-1-3-10(12(9)14)17-11-6-8(7-15)4-5-16-11/h1-6H. The molecule has 0 radical (unpaired) electrons. The monoisotopic (exact) mass is 264 g/mol. The van der Waals surface area contributed by atoms with Gasteiger partial charge in [-0.1, -0.05) is 29.3 Å². The molecule has 0 aliphatic rings. The summed E-state index contributed by atoms with van der Waals surface area (Å²) in [7, 11) is 0. The Labute approximate surface area is 108 Å². The molecule has 0 aliphatic heterocycles. The predicted octanol–water partition coefficient (Wildman–Crippen LogP) is 4.05. The Morgan fingerprint density at radius 1 is 1.24 bits per heavy atom. The number of rotatable bonds is 2. The van der Waals surface area contributed by atoms with Crippen molar-refractivity contribution in [1.82, 2.24) is 4.98 Å². The molecule has 3 nitrogen and oxygen atoms in total. The molecule has 0 bridgehead atoms. The summed E-state index contributed by atoms with van der Waals surface area (Å²) in [6, 6.07) is 10.2. The van der Waals surface area contributed by atoms with Gasteiger partial charge in [0.15, 0.2) is 0 Å². The predicted molar refractivity (Wildman–Crippen MR) is 65.5 cm³/mol. The van der Waals surface area contributed by atoms with Crippen LogP contribution in [0.4, 0.5) is 0 Å². The summed E-state index contributed by atoms with van der Waals surface area (Å²) in [5, 5.41) is 9.47. The van der Waals surface area contributed by atoms with E-state index in [-0.39, 0.29) is 0 Å². The largest absolute Gasteiger partial charge is 0.437 e. The number of benzene rings is 1. The number of hydrogen-bond acceptors (Lipinski definition) is 3. The molecule has 2 rings (SSSR count). The molecular weight excluding hydrogens is 259 g/mol. The molecule has 0 N–H and O–H groups in total. The van der Waals surface area contributed by atoms with Crippen LogP contribution in [-0.4, -0.2) is 4.98 Å². The second kappa shape index (κ2) is 5.05. The van der Waals surface area contributed by atoms with Gasteiger partial charge in [0, 0.05) is 12.3 Å². The van der Waals surface area contributed by atoms with Gasteiger partial charge in [-0.05, 0) is 18.2 Å². The van der Waals surface area contributed by atoms with E-state index < -0.39 is 0 Å². The molecular formula is C12H6Cl2N2O. The third kappa shape index (κ3) is 2.68. The van der Waals surface area contributed by atoms with Gasteiger partial charge in [0.1, 0.15) is 10.8 Å². The fourth-order valence-electron chi connectivity index (χ4n) is 1.21. The lowest BCUT2D eigenvalue weighted by Gasteiger charge is -2.07. The van der Waals surface area contributed by atoms with Crippen LogP contribution in [0.3, 0.4) is 0 Å². The van der Waals surface area contributed by atoms with Gasteiger partial charge < -0.3 is 4.74 Å². The quantitative estimate of drug-likeness (QED) is 0.822. The highest BCUT2D eigenvalue weighted by Gasteiger charge is 2.07. The van der Waals surface area contributed by atoms with Crippen molar-refractivity contribution in [3.8, 4) is 17.7 Å². The molecule has 0 fully saturated rings. The van der Waals surface area contributed by atoms with Crippen LogP contribution >= 0.6 is 23.2 Å². The normalized spacial score (nSPS) is 9.71. The van der Waals surface area contributed by atoms with Gasteiger partial charge in [-0.25, -0.2) is 4.98 Å². The van der Waals surface area contributed by atoms with Gasteiger partial charge in [0.25, 0.3) is 0 Å². The highest BCUT2D eigenvalue weighted by atomic mass is 35.5. The second-order valence-corrected chi connectivity index (χ2v) is 3.93. The van der Waals surface area contributed by atoms with Crippen molar-refractivity contribution in [2.75, 3.05) is 0 Å². The van der Waals surface area contributed by atoms with E-state index in [1.807, 2.05) is 6.07 Å². The molecule has 84 valence electrons. The fraction of sp³-hybridized carbons (Fsp3) is 0. The number of nitrogens with zero attached hydrogens (tertiary/aromatic N) is 2. The van der Waals surface area contributed by atoms with Gasteiger partial charge in [-0.2, -0.15) is 5.26 Å². The highest BCUT2D eigenvalue weighted by Crippen LogP contribution is 2.33. The van der Waals surface area contributed by atoms with Crippen LogP contribution in [0.5, 0.6) is 11.6 Å². The van der Waals surface area contributed by atoms with E-state index in [1.54, 1.807) is 24.3 Å². The van der Waals surface area contributed by atoms with Gasteiger partial charge in [-0.3, -0.25) is 0 Å². The Bertz CT molecular complexity index is 593. The molecule has 1 aromatic carbocycles. The summed E-state index contributed by atoms with van der Waals surface area (Å²) < 4.78 is 5.45. The number of hydrogen-bond donors (Lipinski definition) is 0. The average molecular weight is 265 g/mol. The van der Waals surface area contributed by atoms with Crippen LogP contribution < -0.4 is 4.74 Å². The van der Waals surface area contributed by atoms with E-state index in [4.69, 9.17) is 33.2 Å². The van der Waals surface area contributed by atoms with Crippen LogP contribution in [-0.2, 0) is 0 Å². The smallest absolute Gasteiger partial charge is 0.220 e. The Kier molecular flexibility index (Phi) is 3.48. The molecule has 17 heavy (non-hydrogen) atoms. The van der Waals surface area contributed by atoms with E-state index >= 15 is 0 Å². The molecule has 0 spiro atoms. The molecule has 0 unspecified atom stereocenters. The molecule has 0 amide bonds. The number of ether oxygens (including phenoxy) is 1. The van der Waals surface area contributed by atoms with Crippen molar-refractivity contribution < 1.29 is 4.74 Å². The maximum Gasteiger partial charge on any atom is 0.220 e. The Morgan fingerprint density at radius 2 is 2.06 bits per heavy atom. The average Bonchev–Trinajstić information content (AvgIpc) is 2.35. The first kappa shape index (κ1) is 11.7. The van der Waals surface area contributed by atoms with Gasteiger partial charge in [-0.15, -0.1) is 0 Å². The summed E-state index contributed by atoms with van der Waals surface area (Å²) in [5.74, 6) is 0.704. The third-order valence-corrected chi connectivity index (χ3v) is 2.80. The van der Waals surface area contributed by atoms with Crippen molar-refractivity contribution in [3.63, 3.8) is 0 Å². The maximum atomic E-state index is 8.75. The van der Waals surface area contributed by atoms with E-state index in [0.29, 0.717) is 27.2 Å². The first-order valence-electron chi connectivity index (χ1n) is 4.69.